The molecule has 4 atom stereocenters. The molecule has 1 aromatic heterocycles. The molecular formula is C15H19NO3S. The van der Waals surface area contributed by atoms with Crippen LogP contribution in [0, 0.1) is 0 Å². The van der Waals surface area contributed by atoms with Crippen molar-refractivity contribution in [3.05, 3.63) is 36.1 Å². The third-order valence-electron chi connectivity index (χ3n) is 3.80. The highest BCUT2D eigenvalue weighted by Crippen LogP contribution is 2.25. The minimum Gasteiger partial charge on any atom is -0.459 e. The van der Waals surface area contributed by atoms with Crippen molar-refractivity contribution >= 4 is 21.8 Å². The van der Waals surface area contributed by atoms with E-state index in [9.17, 15) is 4.21 Å². The van der Waals surface area contributed by atoms with Gasteiger partial charge in [0.2, 0.25) is 0 Å². The van der Waals surface area contributed by atoms with Crippen LogP contribution in [0.2, 0.25) is 0 Å². The summed E-state index contributed by atoms with van der Waals surface area (Å²) < 4.78 is 23.6. The van der Waals surface area contributed by atoms with Crippen molar-refractivity contribution in [1.29, 1.82) is 0 Å². The van der Waals surface area contributed by atoms with E-state index < -0.39 is 10.8 Å². The maximum absolute atomic E-state index is 12.4. The van der Waals surface area contributed by atoms with Gasteiger partial charge in [0.25, 0.3) is 0 Å². The zero-order valence-electron chi connectivity index (χ0n) is 11.5. The van der Waals surface area contributed by atoms with E-state index in [1.54, 1.807) is 0 Å². The van der Waals surface area contributed by atoms with Gasteiger partial charge in [0, 0.05) is 28.5 Å². The molecule has 1 saturated heterocycles. The minimum atomic E-state index is -0.988. The lowest BCUT2D eigenvalue weighted by molar-refractivity contribution is 0.127. The molecule has 0 bridgehead atoms. The van der Waals surface area contributed by atoms with Crippen LogP contribution in [0.3, 0.4) is 0 Å². The van der Waals surface area contributed by atoms with Crippen molar-refractivity contribution in [3.63, 3.8) is 0 Å². The molecule has 4 nitrogen and oxygen atoms in total. The van der Waals surface area contributed by atoms with Crippen LogP contribution in [-0.2, 0) is 15.5 Å². The lowest BCUT2D eigenvalue weighted by Crippen LogP contribution is -2.29. The Hall–Kier alpha value is -1.17. The van der Waals surface area contributed by atoms with Crippen LogP contribution in [0.15, 0.2) is 34.7 Å². The summed E-state index contributed by atoms with van der Waals surface area (Å²) in [6.45, 7) is 2.67. The lowest BCUT2D eigenvalue weighted by Gasteiger charge is -2.16. The zero-order valence-corrected chi connectivity index (χ0v) is 12.3. The number of fused-ring (bicyclic) bond motifs is 1. The van der Waals surface area contributed by atoms with Gasteiger partial charge in [-0.1, -0.05) is 18.2 Å². The molecule has 108 valence electrons. The molecule has 1 fully saturated rings. The third-order valence-corrected chi connectivity index (χ3v) is 5.78. The summed E-state index contributed by atoms with van der Waals surface area (Å²) in [6, 6.07) is 9.38. The van der Waals surface area contributed by atoms with E-state index in [1.807, 2.05) is 37.3 Å². The monoisotopic (exact) mass is 293 g/mol. The zero-order chi connectivity index (χ0) is 14.1. The molecular weight excluding hydrogens is 274 g/mol. The maximum Gasteiger partial charge on any atom is 0.134 e. The maximum atomic E-state index is 12.4. The molecule has 0 spiro atoms. The minimum absolute atomic E-state index is 0.0544. The van der Waals surface area contributed by atoms with Gasteiger partial charge in [-0.05, 0) is 25.5 Å². The molecule has 1 aliphatic heterocycles. The highest BCUT2D eigenvalue weighted by Gasteiger charge is 2.31. The number of hydrogen-bond acceptors (Lipinski definition) is 4. The van der Waals surface area contributed by atoms with E-state index in [0.717, 1.165) is 17.4 Å². The second-order valence-electron chi connectivity index (χ2n) is 5.24. The van der Waals surface area contributed by atoms with Crippen LogP contribution >= 0.6 is 0 Å². The predicted octanol–water partition coefficient (Wildman–Crippen LogP) is 2.36. The topological polar surface area (TPSA) is 65.5 Å². The summed E-state index contributed by atoms with van der Waals surface area (Å²) in [4.78, 5) is 0. The van der Waals surface area contributed by atoms with E-state index in [4.69, 9.17) is 14.9 Å². The first-order chi connectivity index (χ1) is 9.65. The van der Waals surface area contributed by atoms with Gasteiger partial charge >= 0.3 is 0 Å². The van der Waals surface area contributed by atoms with Crippen LogP contribution in [0.4, 0.5) is 0 Å². The van der Waals surface area contributed by atoms with Crippen LogP contribution in [-0.4, -0.2) is 27.9 Å². The Morgan fingerprint density at radius 3 is 2.95 bits per heavy atom. The van der Waals surface area contributed by atoms with Crippen LogP contribution in [0.25, 0.3) is 11.0 Å². The highest BCUT2D eigenvalue weighted by atomic mass is 32.2. The van der Waals surface area contributed by atoms with Gasteiger partial charge in [0.15, 0.2) is 0 Å². The summed E-state index contributed by atoms with van der Waals surface area (Å²) in [5, 5.41) is 1.12. The van der Waals surface area contributed by atoms with Crippen molar-refractivity contribution in [3.8, 4) is 0 Å². The van der Waals surface area contributed by atoms with Gasteiger partial charge < -0.3 is 14.9 Å². The van der Waals surface area contributed by atoms with Gasteiger partial charge in [-0.3, -0.25) is 4.21 Å². The fourth-order valence-electron chi connectivity index (χ4n) is 2.63. The Labute approximate surface area is 120 Å². The first kappa shape index (κ1) is 13.8. The van der Waals surface area contributed by atoms with Crippen LogP contribution < -0.4 is 5.73 Å². The first-order valence-electron chi connectivity index (χ1n) is 6.88. The molecule has 3 rings (SSSR count). The number of furan rings is 1. The Morgan fingerprint density at radius 1 is 1.45 bits per heavy atom. The van der Waals surface area contributed by atoms with Crippen molar-refractivity contribution in [1.82, 2.24) is 0 Å². The molecule has 1 aromatic carbocycles. The Morgan fingerprint density at radius 2 is 2.25 bits per heavy atom. The second-order valence-corrected chi connectivity index (χ2v) is 6.94. The molecule has 0 aliphatic carbocycles. The fourth-order valence-corrected chi connectivity index (χ4v) is 4.26. The third kappa shape index (κ3) is 2.66. The molecule has 5 heteroatoms. The molecule has 0 saturated carbocycles. The smallest absolute Gasteiger partial charge is 0.134 e. The first-order valence-corrected chi connectivity index (χ1v) is 8.26. The number of para-hydroxylation sites is 1. The van der Waals surface area contributed by atoms with Crippen molar-refractivity contribution < 1.29 is 13.4 Å². The van der Waals surface area contributed by atoms with Crippen molar-refractivity contribution in [2.45, 2.75) is 30.7 Å². The SMILES string of the molecule is CC1OCCC1S(=O)CC(N)c1cc2ccccc2o1. The van der Waals surface area contributed by atoms with Crippen molar-refractivity contribution in [2.24, 2.45) is 5.73 Å². The summed E-state index contributed by atoms with van der Waals surface area (Å²) in [5.41, 5.74) is 6.97. The van der Waals surface area contributed by atoms with Gasteiger partial charge in [-0.2, -0.15) is 0 Å². The summed E-state index contributed by atoms with van der Waals surface area (Å²) in [7, 11) is -0.988. The normalized spacial score (nSPS) is 25.9. The molecule has 1 aliphatic rings. The van der Waals surface area contributed by atoms with Crippen molar-refractivity contribution in [2.75, 3.05) is 12.4 Å². The summed E-state index contributed by atoms with van der Waals surface area (Å²) in [6.07, 6.45) is 0.902. The van der Waals surface area contributed by atoms with Gasteiger partial charge in [0.1, 0.15) is 11.3 Å². The summed E-state index contributed by atoms with van der Waals surface area (Å²) >= 11 is 0. The molecule has 2 heterocycles. The largest absolute Gasteiger partial charge is 0.459 e. The summed E-state index contributed by atoms with van der Waals surface area (Å²) in [5.74, 6) is 1.11. The molecule has 2 aromatic rings. The molecule has 20 heavy (non-hydrogen) atoms. The van der Waals surface area contributed by atoms with Gasteiger partial charge in [-0.15, -0.1) is 0 Å². The van der Waals surface area contributed by atoms with E-state index in [0.29, 0.717) is 18.1 Å². The van der Waals surface area contributed by atoms with Crippen LogP contribution in [0.5, 0.6) is 0 Å². The van der Waals surface area contributed by atoms with E-state index >= 15 is 0 Å². The standard InChI is InChI=1S/C15H19NO3S/c1-10-15(6-7-18-10)20(17)9-12(16)14-8-11-4-2-3-5-13(11)19-14/h2-5,8,10,12,15H,6-7,9,16H2,1H3. The molecule has 0 amide bonds. The Kier molecular flexibility index (Phi) is 3.92. The average molecular weight is 293 g/mol. The molecule has 4 unspecified atom stereocenters. The number of ether oxygens (including phenoxy) is 1. The van der Waals surface area contributed by atoms with Crippen LogP contribution in [0.1, 0.15) is 25.1 Å². The number of hydrogen-bond donors (Lipinski definition) is 1. The molecule has 2 N–H and O–H groups in total. The predicted molar refractivity (Wildman–Crippen MR) is 80.0 cm³/mol. The van der Waals surface area contributed by atoms with Gasteiger partial charge in [0.05, 0.1) is 17.4 Å². The quantitative estimate of drug-likeness (QED) is 0.940. The number of nitrogens with two attached hydrogens (primary N) is 1. The lowest BCUT2D eigenvalue weighted by atomic mass is 10.2. The van der Waals surface area contributed by atoms with E-state index in [-0.39, 0.29) is 17.4 Å². The fraction of sp³-hybridized carbons (Fsp3) is 0.467. The van der Waals surface area contributed by atoms with E-state index in [1.165, 1.54) is 0 Å². The average Bonchev–Trinajstić information content (AvgIpc) is 3.04. The van der Waals surface area contributed by atoms with Gasteiger partial charge in [-0.25, -0.2) is 0 Å². The highest BCUT2D eigenvalue weighted by molar-refractivity contribution is 7.85. The van der Waals surface area contributed by atoms with E-state index in [2.05, 4.69) is 0 Å². The molecule has 0 radical (unpaired) electrons. The number of rotatable bonds is 4. The second kappa shape index (κ2) is 5.68. The Bertz CT molecular complexity index is 591. The Balaban J connectivity index is 1.72. The number of benzene rings is 1.